The van der Waals surface area contributed by atoms with Gasteiger partial charge in [-0.15, -0.1) is 0 Å². The van der Waals surface area contributed by atoms with E-state index in [0.29, 0.717) is 18.1 Å². The van der Waals surface area contributed by atoms with Gasteiger partial charge in [-0.3, -0.25) is 4.79 Å². The third kappa shape index (κ3) is 5.68. The van der Waals surface area contributed by atoms with Gasteiger partial charge in [-0.1, -0.05) is 43.3 Å². The van der Waals surface area contributed by atoms with Gasteiger partial charge in [-0.2, -0.15) is 0 Å². The van der Waals surface area contributed by atoms with Crippen LogP contribution in [0.15, 0.2) is 54.6 Å². The molecule has 0 saturated heterocycles. The van der Waals surface area contributed by atoms with Crippen LogP contribution in [0, 0.1) is 0 Å². The molecule has 0 bridgehead atoms. The minimum atomic E-state index is -0.137. The lowest BCUT2D eigenvalue weighted by Gasteiger charge is -2.12. The fraction of sp³-hybridized carbons (Fsp3) is 0.286. The Morgan fingerprint density at radius 2 is 1.92 bits per heavy atom. The van der Waals surface area contributed by atoms with Crippen molar-refractivity contribution >= 4 is 12.0 Å². The van der Waals surface area contributed by atoms with Crippen LogP contribution in [0.4, 0.5) is 0 Å². The van der Waals surface area contributed by atoms with E-state index in [1.807, 2.05) is 55.5 Å². The zero-order valence-corrected chi connectivity index (χ0v) is 15.0. The van der Waals surface area contributed by atoms with Gasteiger partial charge in [0.2, 0.25) is 5.91 Å². The van der Waals surface area contributed by atoms with Crippen LogP contribution in [0.3, 0.4) is 0 Å². The molecule has 2 rings (SSSR count). The molecular formula is C21H25NO3. The molecule has 4 nitrogen and oxygen atoms in total. The molecule has 1 unspecified atom stereocenters. The molecule has 1 amide bonds. The molecule has 0 fully saturated rings. The number of hydrogen-bond donors (Lipinski definition) is 1. The number of carbonyl (C=O) groups is 1. The Kier molecular flexibility index (Phi) is 7.08. The Labute approximate surface area is 149 Å². The third-order valence-corrected chi connectivity index (χ3v) is 3.73. The Morgan fingerprint density at radius 1 is 1.16 bits per heavy atom. The van der Waals surface area contributed by atoms with Gasteiger partial charge in [0.1, 0.15) is 0 Å². The summed E-state index contributed by atoms with van der Waals surface area (Å²) in [5, 5.41) is 2.95. The number of benzene rings is 2. The van der Waals surface area contributed by atoms with Crippen molar-refractivity contribution in [3.63, 3.8) is 0 Å². The lowest BCUT2D eigenvalue weighted by Crippen LogP contribution is -2.24. The monoisotopic (exact) mass is 339 g/mol. The van der Waals surface area contributed by atoms with Gasteiger partial charge in [0.05, 0.1) is 19.8 Å². The van der Waals surface area contributed by atoms with E-state index in [4.69, 9.17) is 9.47 Å². The molecule has 0 aliphatic heterocycles. The molecule has 1 atom stereocenters. The van der Waals surface area contributed by atoms with Crippen LogP contribution in [0.1, 0.15) is 37.4 Å². The number of hydrogen-bond acceptors (Lipinski definition) is 3. The summed E-state index contributed by atoms with van der Waals surface area (Å²) in [6.45, 7) is 4.66. The molecule has 2 aromatic carbocycles. The number of amides is 1. The molecular weight excluding hydrogens is 314 g/mol. The lowest BCUT2D eigenvalue weighted by molar-refractivity contribution is -0.117. The Morgan fingerprint density at radius 3 is 2.60 bits per heavy atom. The topological polar surface area (TPSA) is 47.6 Å². The van der Waals surface area contributed by atoms with Gasteiger partial charge in [-0.05, 0) is 42.7 Å². The molecule has 0 heterocycles. The summed E-state index contributed by atoms with van der Waals surface area (Å²) in [7, 11) is 1.61. The van der Waals surface area contributed by atoms with Crippen molar-refractivity contribution < 1.29 is 14.3 Å². The number of nitrogens with one attached hydrogen (secondary N) is 1. The molecule has 2 aromatic rings. The first-order valence-electron chi connectivity index (χ1n) is 8.48. The smallest absolute Gasteiger partial charge is 0.244 e. The van der Waals surface area contributed by atoms with Gasteiger partial charge in [0, 0.05) is 6.08 Å². The standard InChI is InChI=1S/C21H25NO3/c1-4-14-25-19-12-10-17(15-20(19)24-3)11-13-21(23)22-16(2)18-8-6-5-7-9-18/h5-13,15-16H,4,14H2,1-3H3,(H,22,23)/b13-11+. The van der Waals surface area contributed by atoms with Crippen molar-refractivity contribution in [2.45, 2.75) is 26.3 Å². The summed E-state index contributed by atoms with van der Waals surface area (Å²) >= 11 is 0. The van der Waals surface area contributed by atoms with Crippen molar-refractivity contribution in [1.82, 2.24) is 5.32 Å². The van der Waals surface area contributed by atoms with Crippen molar-refractivity contribution in [1.29, 1.82) is 0 Å². The number of carbonyl (C=O) groups excluding carboxylic acids is 1. The maximum atomic E-state index is 12.1. The summed E-state index contributed by atoms with van der Waals surface area (Å²) in [4.78, 5) is 12.1. The highest BCUT2D eigenvalue weighted by molar-refractivity contribution is 5.92. The van der Waals surface area contributed by atoms with Gasteiger partial charge in [-0.25, -0.2) is 0 Å². The first-order chi connectivity index (χ1) is 12.1. The fourth-order valence-corrected chi connectivity index (χ4v) is 2.38. The van der Waals surface area contributed by atoms with E-state index in [-0.39, 0.29) is 11.9 Å². The second kappa shape index (κ2) is 9.52. The van der Waals surface area contributed by atoms with E-state index in [1.54, 1.807) is 13.2 Å². The van der Waals surface area contributed by atoms with Crippen LogP contribution in [0.5, 0.6) is 11.5 Å². The van der Waals surface area contributed by atoms with E-state index in [1.165, 1.54) is 6.08 Å². The molecule has 1 N–H and O–H groups in total. The van der Waals surface area contributed by atoms with E-state index in [9.17, 15) is 4.79 Å². The fourth-order valence-electron chi connectivity index (χ4n) is 2.38. The number of methoxy groups -OCH3 is 1. The van der Waals surface area contributed by atoms with Crippen LogP contribution < -0.4 is 14.8 Å². The Balaban J connectivity index is 1.99. The quantitative estimate of drug-likeness (QED) is 0.726. The van der Waals surface area contributed by atoms with E-state index < -0.39 is 0 Å². The van der Waals surface area contributed by atoms with Crippen LogP contribution in [-0.2, 0) is 4.79 Å². The third-order valence-electron chi connectivity index (χ3n) is 3.73. The molecule has 0 radical (unpaired) electrons. The molecule has 0 aromatic heterocycles. The molecule has 4 heteroatoms. The molecule has 0 spiro atoms. The first kappa shape index (κ1) is 18.6. The highest BCUT2D eigenvalue weighted by atomic mass is 16.5. The summed E-state index contributed by atoms with van der Waals surface area (Å²) in [5.41, 5.74) is 1.95. The van der Waals surface area contributed by atoms with Crippen LogP contribution in [0.25, 0.3) is 6.08 Å². The zero-order valence-electron chi connectivity index (χ0n) is 15.0. The van der Waals surface area contributed by atoms with Crippen molar-refractivity contribution in [2.75, 3.05) is 13.7 Å². The van der Waals surface area contributed by atoms with Crippen molar-refractivity contribution in [3.05, 3.63) is 65.7 Å². The van der Waals surface area contributed by atoms with Gasteiger partial charge in [0.15, 0.2) is 11.5 Å². The molecule has 0 aliphatic rings. The maximum absolute atomic E-state index is 12.1. The molecule has 25 heavy (non-hydrogen) atoms. The second-order valence-corrected chi connectivity index (χ2v) is 5.73. The normalized spacial score (nSPS) is 12.0. The molecule has 0 saturated carbocycles. The Hall–Kier alpha value is -2.75. The predicted molar refractivity (Wildman–Crippen MR) is 101 cm³/mol. The number of rotatable bonds is 8. The lowest BCUT2D eigenvalue weighted by atomic mass is 10.1. The molecule has 0 aliphatic carbocycles. The summed E-state index contributed by atoms with van der Waals surface area (Å²) < 4.78 is 11.0. The van der Waals surface area contributed by atoms with E-state index in [0.717, 1.165) is 17.5 Å². The van der Waals surface area contributed by atoms with Gasteiger partial charge in [0.25, 0.3) is 0 Å². The van der Waals surface area contributed by atoms with E-state index >= 15 is 0 Å². The summed E-state index contributed by atoms with van der Waals surface area (Å²) in [6.07, 6.45) is 4.23. The van der Waals surface area contributed by atoms with Gasteiger partial charge < -0.3 is 14.8 Å². The summed E-state index contributed by atoms with van der Waals surface area (Å²) in [5.74, 6) is 1.24. The Bertz CT molecular complexity index is 710. The van der Waals surface area contributed by atoms with Crippen molar-refractivity contribution in [2.24, 2.45) is 0 Å². The van der Waals surface area contributed by atoms with E-state index in [2.05, 4.69) is 12.2 Å². The van der Waals surface area contributed by atoms with Crippen LogP contribution in [-0.4, -0.2) is 19.6 Å². The second-order valence-electron chi connectivity index (χ2n) is 5.73. The SMILES string of the molecule is CCCOc1ccc(/C=C/C(=O)NC(C)c2ccccc2)cc1OC. The highest BCUT2D eigenvalue weighted by Gasteiger charge is 2.07. The minimum absolute atomic E-state index is 0.0438. The zero-order chi connectivity index (χ0) is 18.1. The highest BCUT2D eigenvalue weighted by Crippen LogP contribution is 2.28. The predicted octanol–water partition coefficient (Wildman–Crippen LogP) is 4.37. The largest absolute Gasteiger partial charge is 0.493 e. The first-order valence-corrected chi connectivity index (χ1v) is 8.48. The van der Waals surface area contributed by atoms with Crippen LogP contribution in [0.2, 0.25) is 0 Å². The minimum Gasteiger partial charge on any atom is -0.493 e. The average molecular weight is 339 g/mol. The summed E-state index contributed by atoms with van der Waals surface area (Å²) in [6, 6.07) is 15.4. The maximum Gasteiger partial charge on any atom is 0.244 e. The van der Waals surface area contributed by atoms with Crippen LogP contribution >= 0.6 is 0 Å². The van der Waals surface area contributed by atoms with Crippen molar-refractivity contribution in [3.8, 4) is 11.5 Å². The number of ether oxygens (including phenoxy) is 2. The molecule has 132 valence electrons. The average Bonchev–Trinajstić information content (AvgIpc) is 2.65. The van der Waals surface area contributed by atoms with Gasteiger partial charge >= 0.3 is 0 Å².